The van der Waals surface area contributed by atoms with E-state index >= 15 is 0 Å². The molecule has 2 aromatic carbocycles. The summed E-state index contributed by atoms with van der Waals surface area (Å²) in [6, 6.07) is 15.3. The molecule has 0 saturated heterocycles. The van der Waals surface area contributed by atoms with Crippen molar-refractivity contribution in [2.45, 2.75) is 52.1 Å². The predicted molar refractivity (Wildman–Crippen MR) is 109 cm³/mol. The van der Waals surface area contributed by atoms with E-state index < -0.39 is 6.04 Å². The zero-order valence-electron chi connectivity index (χ0n) is 16.8. The second-order valence-electron chi connectivity index (χ2n) is 7.21. The lowest BCUT2D eigenvalue weighted by molar-refractivity contribution is -0.140. The Morgan fingerprint density at radius 3 is 2.21 bits per heavy atom. The van der Waals surface area contributed by atoms with Crippen LogP contribution in [0.3, 0.4) is 0 Å². The Morgan fingerprint density at radius 2 is 1.64 bits per heavy atom. The van der Waals surface area contributed by atoms with E-state index in [-0.39, 0.29) is 30.1 Å². The first kappa shape index (κ1) is 21.6. The number of rotatable bonds is 9. The Bertz CT molecular complexity index is 760. The highest BCUT2D eigenvalue weighted by atomic mass is 19.1. The van der Waals surface area contributed by atoms with E-state index in [0.717, 1.165) is 11.1 Å². The molecule has 4 nitrogen and oxygen atoms in total. The highest BCUT2D eigenvalue weighted by Crippen LogP contribution is 2.13. The van der Waals surface area contributed by atoms with E-state index in [1.807, 2.05) is 51.1 Å². The third kappa shape index (κ3) is 6.48. The van der Waals surface area contributed by atoms with Gasteiger partial charge in [-0.2, -0.15) is 0 Å². The first-order valence-electron chi connectivity index (χ1n) is 9.79. The molecule has 1 unspecified atom stereocenters. The Balaban J connectivity index is 2.18. The van der Waals surface area contributed by atoms with Crippen LogP contribution in [0.1, 0.15) is 38.3 Å². The number of nitrogens with one attached hydrogen (secondary N) is 1. The molecule has 2 amide bonds. The van der Waals surface area contributed by atoms with E-state index in [4.69, 9.17) is 0 Å². The number of amides is 2. The molecule has 0 radical (unpaired) electrons. The number of carbonyl (C=O) groups excluding carboxylic acids is 2. The van der Waals surface area contributed by atoms with Gasteiger partial charge in [0.25, 0.3) is 0 Å². The predicted octanol–water partition coefficient (Wildman–Crippen LogP) is 3.74. The molecule has 0 aliphatic heterocycles. The fourth-order valence-corrected chi connectivity index (χ4v) is 3.16. The Hall–Kier alpha value is -2.69. The minimum Gasteiger partial charge on any atom is -0.352 e. The number of benzene rings is 2. The molecule has 1 N–H and O–H groups in total. The molecular weight excluding hydrogens is 355 g/mol. The van der Waals surface area contributed by atoms with E-state index in [1.54, 1.807) is 17.0 Å². The second-order valence-corrected chi connectivity index (χ2v) is 7.21. The van der Waals surface area contributed by atoms with Crippen molar-refractivity contribution >= 4 is 11.8 Å². The van der Waals surface area contributed by atoms with E-state index in [1.165, 1.54) is 12.1 Å². The maximum Gasteiger partial charge on any atom is 0.242 e. The van der Waals surface area contributed by atoms with Crippen LogP contribution in [0.4, 0.5) is 4.39 Å². The van der Waals surface area contributed by atoms with Gasteiger partial charge in [0.1, 0.15) is 11.9 Å². The van der Waals surface area contributed by atoms with Crippen molar-refractivity contribution in [3.05, 3.63) is 71.5 Å². The fraction of sp³-hybridized carbons (Fsp3) is 0.391. The van der Waals surface area contributed by atoms with Gasteiger partial charge < -0.3 is 10.2 Å². The lowest BCUT2D eigenvalue weighted by Crippen LogP contribution is -2.51. The monoisotopic (exact) mass is 384 g/mol. The third-order valence-corrected chi connectivity index (χ3v) is 4.57. The summed E-state index contributed by atoms with van der Waals surface area (Å²) in [5.41, 5.74) is 1.84. The normalized spacial score (nSPS) is 11.9. The Labute approximate surface area is 166 Å². The van der Waals surface area contributed by atoms with Crippen molar-refractivity contribution < 1.29 is 14.0 Å². The molecule has 0 aromatic heterocycles. The number of nitrogens with zero attached hydrogens (tertiary/aromatic N) is 1. The van der Waals surface area contributed by atoms with Gasteiger partial charge in [0.05, 0.1) is 6.42 Å². The molecule has 0 bridgehead atoms. The summed E-state index contributed by atoms with van der Waals surface area (Å²) in [6.07, 6.45) is 1.34. The summed E-state index contributed by atoms with van der Waals surface area (Å²) in [5.74, 6) is -0.605. The van der Waals surface area contributed by atoms with Crippen LogP contribution in [0, 0.1) is 5.82 Å². The van der Waals surface area contributed by atoms with Gasteiger partial charge >= 0.3 is 0 Å². The van der Waals surface area contributed by atoms with Gasteiger partial charge in [0, 0.05) is 12.6 Å². The largest absolute Gasteiger partial charge is 0.352 e. The molecule has 5 heteroatoms. The molecule has 0 aliphatic rings. The van der Waals surface area contributed by atoms with Crippen LogP contribution in [0.15, 0.2) is 54.6 Å². The van der Waals surface area contributed by atoms with Crippen LogP contribution in [-0.2, 0) is 22.4 Å². The number of hydrogen-bond donors (Lipinski definition) is 1. The number of halogens is 1. The van der Waals surface area contributed by atoms with Crippen LogP contribution >= 0.6 is 0 Å². The van der Waals surface area contributed by atoms with Gasteiger partial charge in [-0.3, -0.25) is 9.59 Å². The molecule has 150 valence electrons. The van der Waals surface area contributed by atoms with Gasteiger partial charge in [-0.1, -0.05) is 49.4 Å². The van der Waals surface area contributed by atoms with Gasteiger partial charge in [-0.15, -0.1) is 0 Å². The molecule has 0 heterocycles. The second kappa shape index (κ2) is 10.6. The van der Waals surface area contributed by atoms with E-state index in [0.29, 0.717) is 19.4 Å². The first-order valence-corrected chi connectivity index (χ1v) is 9.79. The van der Waals surface area contributed by atoms with E-state index in [9.17, 15) is 14.0 Å². The maximum absolute atomic E-state index is 13.2. The average Bonchev–Trinajstić information content (AvgIpc) is 2.67. The number of carbonyl (C=O) groups is 2. The summed E-state index contributed by atoms with van der Waals surface area (Å²) in [5, 5.41) is 2.92. The summed E-state index contributed by atoms with van der Waals surface area (Å²) >= 11 is 0. The van der Waals surface area contributed by atoms with Crippen LogP contribution < -0.4 is 5.32 Å². The van der Waals surface area contributed by atoms with Gasteiger partial charge in [-0.05, 0) is 49.9 Å². The molecule has 2 aromatic rings. The summed E-state index contributed by atoms with van der Waals surface area (Å²) < 4.78 is 13.2. The summed E-state index contributed by atoms with van der Waals surface area (Å²) in [6.45, 7) is 6.16. The quantitative estimate of drug-likeness (QED) is 0.716. The van der Waals surface area contributed by atoms with Crippen molar-refractivity contribution in [2.75, 3.05) is 6.54 Å². The average molecular weight is 384 g/mol. The third-order valence-electron chi connectivity index (χ3n) is 4.57. The van der Waals surface area contributed by atoms with Crippen molar-refractivity contribution in [2.24, 2.45) is 0 Å². The van der Waals surface area contributed by atoms with Gasteiger partial charge in [0.15, 0.2) is 0 Å². The molecule has 0 spiro atoms. The summed E-state index contributed by atoms with van der Waals surface area (Å²) in [4.78, 5) is 27.4. The number of hydrogen-bond acceptors (Lipinski definition) is 2. The topological polar surface area (TPSA) is 49.4 Å². The van der Waals surface area contributed by atoms with Crippen LogP contribution in [0.5, 0.6) is 0 Å². The van der Waals surface area contributed by atoms with Crippen molar-refractivity contribution in [1.29, 1.82) is 0 Å². The Morgan fingerprint density at radius 1 is 1.00 bits per heavy atom. The molecule has 1 atom stereocenters. The van der Waals surface area contributed by atoms with Crippen molar-refractivity contribution in [1.82, 2.24) is 10.2 Å². The van der Waals surface area contributed by atoms with Crippen LogP contribution in [-0.4, -0.2) is 35.3 Å². The van der Waals surface area contributed by atoms with Crippen LogP contribution in [0.2, 0.25) is 0 Å². The lowest BCUT2D eigenvalue weighted by Gasteiger charge is -2.31. The SMILES string of the molecule is CCC(C(=O)NC(C)C)N(CCc1ccccc1)C(=O)Cc1ccc(F)cc1. The molecule has 0 saturated carbocycles. The zero-order valence-corrected chi connectivity index (χ0v) is 16.8. The lowest BCUT2D eigenvalue weighted by atomic mass is 10.1. The highest BCUT2D eigenvalue weighted by Gasteiger charge is 2.28. The molecule has 0 aliphatic carbocycles. The molecule has 2 rings (SSSR count). The zero-order chi connectivity index (χ0) is 20.5. The molecular formula is C23H29FN2O2. The van der Waals surface area contributed by atoms with Gasteiger partial charge in [-0.25, -0.2) is 4.39 Å². The minimum atomic E-state index is -0.529. The van der Waals surface area contributed by atoms with Crippen molar-refractivity contribution in [3.8, 4) is 0 Å². The standard InChI is InChI=1S/C23H29FN2O2/c1-4-21(23(28)25-17(2)3)26(15-14-18-8-6-5-7-9-18)22(27)16-19-10-12-20(24)13-11-19/h5-13,17,21H,4,14-16H2,1-3H3,(H,25,28). The Kier molecular flexibility index (Phi) is 8.18. The summed E-state index contributed by atoms with van der Waals surface area (Å²) in [7, 11) is 0. The maximum atomic E-state index is 13.2. The van der Waals surface area contributed by atoms with Crippen molar-refractivity contribution in [3.63, 3.8) is 0 Å². The van der Waals surface area contributed by atoms with Crippen LogP contribution in [0.25, 0.3) is 0 Å². The van der Waals surface area contributed by atoms with E-state index in [2.05, 4.69) is 5.32 Å². The first-order chi connectivity index (χ1) is 13.4. The smallest absolute Gasteiger partial charge is 0.242 e. The molecule has 0 fully saturated rings. The fourth-order valence-electron chi connectivity index (χ4n) is 3.16. The minimum absolute atomic E-state index is 0.00437. The molecule has 28 heavy (non-hydrogen) atoms. The van der Waals surface area contributed by atoms with Gasteiger partial charge in [0.2, 0.25) is 11.8 Å². The highest BCUT2D eigenvalue weighted by molar-refractivity contribution is 5.88.